The minimum atomic E-state index is -3.38. The smallest absolute Gasteiger partial charge is 0.229 e. The van der Waals surface area contributed by atoms with Gasteiger partial charge < -0.3 is 16.4 Å². The molecule has 1 saturated carbocycles. The summed E-state index contributed by atoms with van der Waals surface area (Å²) in [7, 11) is 1.53. The molecule has 0 radical (unpaired) electrons. The van der Waals surface area contributed by atoms with Crippen LogP contribution in [-0.2, 0) is 10.0 Å². The van der Waals surface area contributed by atoms with E-state index in [9.17, 15) is 8.42 Å². The molecule has 0 spiro atoms. The molecule has 6 nitrogen and oxygen atoms in total. The van der Waals surface area contributed by atoms with E-state index < -0.39 is 15.4 Å². The molecule has 112 valence electrons. The number of nitrogens with zero attached hydrogens (tertiary/aromatic N) is 2. The lowest BCUT2D eigenvalue weighted by Crippen LogP contribution is -2.48. The highest BCUT2D eigenvalue weighted by Gasteiger charge is 2.35. The van der Waals surface area contributed by atoms with E-state index in [-0.39, 0.29) is 5.92 Å². The summed E-state index contributed by atoms with van der Waals surface area (Å²) in [6.45, 7) is 0. The Morgan fingerprint density at radius 2 is 1.68 bits per heavy atom. The summed E-state index contributed by atoms with van der Waals surface area (Å²) in [6, 6.07) is 0.294. The van der Waals surface area contributed by atoms with Gasteiger partial charge in [0.25, 0.3) is 0 Å². The van der Waals surface area contributed by atoms with Crippen LogP contribution in [0.5, 0.6) is 0 Å². The van der Waals surface area contributed by atoms with Gasteiger partial charge in [-0.15, -0.1) is 0 Å². The lowest BCUT2D eigenvalue weighted by molar-refractivity contribution is 0.224. The molecule has 0 heterocycles. The Morgan fingerprint density at radius 1 is 1.21 bits per heavy atom. The molecule has 0 aromatic carbocycles. The van der Waals surface area contributed by atoms with Crippen molar-refractivity contribution in [1.82, 2.24) is 9.21 Å². The average Bonchev–Trinajstić information content (AvgIpc) is 2.36. The second kappa shape index (κ2) is 6.34. The van der Waals surface area contributed by atoms with Crippen molar-refractivity contribution in [3.63, 3.8) is 0 Å². The highest BCUT2D eigenvalue weighted by atomic mass is 32.2. The van der Waals surface area contributed by atoms with Crippen LogP contribution >= 0.6 is 12.2 Å². The van der Waals surface area contributed by atoms with Gasteiger partial charge in [-0.2, -0.15) is 0 Å². The van der Waals surface area contributed by atoms with Crippen molar-refractivity contribution in [3.05, 3.63) is 0 Å². The molecule has 0 bridgehead atoms. The third kappa shape index (κ3) is 3.77. The van der Waals surface area contributed by atoms with E-state index in [4.69, 9.17) is 23.7 Å². The Hall–Kier alpha value is -0.440. The third-order valence-corrected chi connectivity index (χ3v) is 6.33. The molecule has 8 heteroatoms. The molecule has 1 rings (SSSR count). The van der Waals surface area contributed by atoms with Crippen LogP contribution in [0.4, 0.5) is 0 Å². The van der Waals surface area contributed by atoms with Gasteiger partial charge in [-0.1, -0.05) is 0 Å². The van der Waals surface area contributed by atoms with E-state index in [1.807, 2.05) is 11.9 Å². The maximum Gasteiger partial charge on any atom is 0.229 e. The average molecular weight is 308 g/mol. The molecule has 1 aliphatic carbocycles. The first-order valence-corrected chi connectivity index (χ1v) is 8.28. The van der Waals surface area contributed by atoms with Crippen molar-refractivity contribution in [1.29, 1.82) is 0 Å². The molecular weight excluding hydrogens is 284 g/mol. The number of rotatable bonds is 4. The standard InChI is InChI=1S/C11H24N4O2S2/c1-14(2)19(16,17)10(12)8-4-6-9(7-5-8)15(3)11(13)18/h8-10H,4-7,12H2,1-3H3,(H2,13,18). The number of nitrogens with two attached hydrogens (primary N) is 2. The summed E-state index contributed by atoms with van der Waals surface area (Å²) < 4.78 is 25.2. The third-order valence-electron chi connectivity index (χ3n) is 3.95. The maximum atomic E-state index is 12.0. The Balaban J connectivity index is 2.62. The van der Waals surface area contributed by atoms with Gasteiger partial charge in [0.05, 0.1) is 0 Å². The minimum absolute atomic E-state index is 0.00314. The van der Waals surface area contributed by atoms with Crippen LogP contribution in [0.1, 0.15) is 25.7 Å². The molecule has 0 aromatic rings. The van der Waals surface area contributed by atoms with Gasteiger partial charge in [0.2, 0.25) is 10.0 Å². The molecular formula is C11H24N4O2S2. The molecule has 0 amide bonds. The van der Waals surface area contributed by atoms with Crippen molar-refractivity contribution < 1.29 is 8.42 Å². The fourth-order valence-electron chi connectivity index (χ4n) is 2.48. The van der Waals surface area contributed by atoms with Gasteiger partial charge in [-0.05, 0) is 43.8 Å². The van der Waals surface area contributed by atoms with Crippen molar-refractivity contribution in [3.8, 4) is 0 Å². The lowest BCUT2D eigenvalue weighted by Gasteiger charge is -2.37. The van der Waals surface area contributed by atoms with Crippen LogP contribution in [0, 0.1) is 5.92 Å². The Morgan fingerprint density at radius 3 is 2.05 bits per heavy atom. The molecule has 4 N–H and O–H groups in total. The van der Waals surface area contributed by atoms with Crippen LogP contribution in [0.2, 0.25) is 0 Å². The summed E-state index contributed by atoms with van der Waals surface area (Å²) in [4.78, 5) is 1.89. The zero-order valence-corrected chi connectivity index (χ0v) is 13.4. The number of thiocarbonyl (C=S) groups is 1. The van der Waals surface area contributed by atoms with Gasteiger partial charge in [0.1, 0.15) is 5.37 Å². The van der Waals surface area contributed by atoms with Crippen LogP contribution in [-0.4, -0.2) is 55.3 Å². The normalized spacial score (nSPS) is 26.2. The Kier molecular flexibility index (Phi) is 5.54. The van der Waals surface area contributed by atoms with E-state index in [0.717, 1.165) is 25.7 Å². The summed E-state index contributed by atoms with van der Waals surface area (Å²) in [5.41, 5.74) is 11.5. The summed E-state index contributed by atoms with van der Waals surface area (Å²) in [5, 5.41) is -0.438. The molecule has 0 aliphatic heterocycles. The van der Waals surface area contributed by atoms with E-state index in [0.29, 0.717) is 11.2 Å². The Bertz CT molecular complexity index is 416. The Labute approximate surface area is 121 Å². The molecule has 1 atom stereocenters. The monoisotopic (exact) mass is 308 g/mol. The maximum absolute atomic E-state index is 12.0. The van der Waals surface area contributed by atoms with E-state index in [2.05, 4.69) is 0 Å². The quantitative estimate of drug-likeness (QED) is 0.704. The zero-order valence-electron chi connectivity index (χ0n) is 11.7. The van der Waals surface area contributed by atoms with E-state index in [1.54, 1.807) is 0 Å². The first-order chi connectivity index (χ1) is 8.67. The van der Waals surface area contributed by atoms with Crippen LogP contribution in [0.3, 0.4) is 0 Å². The van der Waals surface area contributed by atoms with Crippen LogP contribution in [0.25, 0.3) is 0 Å². The van der Waals surface area contributed by atoms with Crippen molar-refractivity contribution in [2.45, 2.75) is 37.1 Å². The van der Waals surface area contributed by atoms with Gasteiger partial charge in [0.15, 0.2) is 5.11 Å². The van der Waals surface area contributed by atoms with Gasteiger partial charge in [-0.25, -0.2) is 12.7 Å². The van der Waals surface area contributed by atoms with Gasteiger partial charge in [-0.3, -0.25) is 0 Å². The second-order valence-corrected chi connectivity index (χ2v) is 8.03. The second-order valence-electron chi connectivity index (χ2n) is 5.31. The van der Waals surface area contributed by atoms with Crippen molar-refractivity contribution in [2.75, 3.05) is 21.1 Å². The molecule has 1 aliphatic rings. The van der Waals surface area contributed by atoms with E-state index >= 15 is 0 Å². The molecule has 0 aromatic heterocycles. The summed E-state index contributed by atoms with van der Waals surface area (Å²) in [6.07, 6.45) is 3.31. The minimum Gasteiger partial charge on any atom is -0.376 e. The predicted molar refractivity (Wildman–Crippen MR) is 80.9 cm³/mol. The van der Waals surface area contributed by atoms with Crippen LogP contribution in [0.15, 0.2) is 0 Å². The fraction of sp³-hybridized carbons (Fsp3) is 0.909. The molecule has 0 saturated heterocycles. The zero-order chi connectivity index (χ0) is 14.8. The number of sulfonamides is 1. The first-order valence-electron chi connectivity index (χ1n) is 6.37. The lowest BCUT2D eigenvalue weighted by atomic mass is 9.85. The molecule has 1 fully saturated rings. The number of hydrogen-bond acceptors (Lipinski definition) is 4. The highest BCUT2D eigenvalue weighted by Crippen LogP contribution is 2.30. The largest absolute Gasteiger partial charge is 0.376 e. The van der Waals surface area contributed by atoms with Crippen LogP contribution < -0.4 is 11.5 Å². The summed E-state index contributed by atoms with van der Waals surface area (Å²) in [5.74, 6) is 0.00314. The van der Waals surface area contributed by atoms with Gasteiger partial charge >= 0.3 is 0 Å². The van der Waals surface area contributed by atoms with Crippen molar-refractivity contribution >= 4 is 27.4 Å². The first kappa shape index (κ1) is 16.6. The van der Waals surface area contributed by atoms with Crippen molar-refractivity contribution in [2.24, 2.45) is 17.4 Å². The highest BCUT2D eigenvalue weighted by molar-refractivity contribution is 7.89. The van der Waals surface area contributed by atoms with E-state index in [1.165, 1.54) is 18.4 Å². The predicted octanol–water partition coefficient (Wildman–Crippen LogP) is -0.103. The summed E-state index contributed by atoms with van der Waals surface area (Å²) >= 11 is 4.95. The topological polar surface area (TPSA) is 92.7 Å². The van der Waals surface area contributed by atoms with Gasteiger partial charge in [0, 0.05) is 27.2 Å². The SMILES string of the molecule is CN(C(N)=S)C1CCC(C(N)S(=O)(=O)N(C)C)CC1. The fourth-order valence-corrected chi connectivity index (χ4v) is 3.88. The number of hydrogen-bond donors (Lipinski definition) is 2. The molecule has 19 heavy (non-hydrogen) atoms. The molecule has 1 unspecified atom stereocenters.